The molecule has 1 fully saturated rings. The van der Waals surface area contributed by atoms with Crippen LogP contribution in [0.2, 0.25) is 0 Å². The summed E-state index contributed by atoms with van der Waals surface area (Å²) < 4.78 is 40.2. The number of anilines is 1. The summed E-state index contributed by atoms with van der Waals surface area (Å²) in [7, 11) is -2.44. The first-order valence-corrected chi connectivity index (χ1v) is 11.1. The van der Waals surface area contributed by atoms with Crippen LogP contribution in [0.25, 0.3) is 0 Å². The van der Waals surface area contributed by atoms with Gasteiger partial charge < -0.3 is 10.6 Å². The number of nitrogens with zero attached hydrogens (tertiary/aromatic N) is 2. The number of aryl methyl sites for hydroxylation is 1. The summed E-state index contributed by atoms with van der Waals surface area (Å²) in [5.74, 6) is -1.28. The number of amides is 1. The fourth-order valence-corrected chi connectivity index (χ4v) is 5.01. The van der Waals surface area contributed by atoms with Crippen molar-refractivity contribution < 1.29 is 17.6 Å². The topological polar surface area (TPSA) is 115 Å². The number of hydrogen-bond donors (Lipinski definition) is 3. The van der Waals surface area contributed by atoms with Gasteiger partial charge in [-0.15, -0.1) is 0 Å². The van der Waals surface area contributed by atoms with Crippen molar-refractivity contribution in [2.75, 3.05) is 18.9 Å². The maximum absolute atomic E-state index is 14.9. The molecular formula is C21H26FN5O3S. The molecule has 10 heteroatoms. The van der Waals surface area contributed by atoms with E-state index >= 15 is 0 Å². The number of pyridine rings is 1. The largest absolute Gasteiger partial charge is 0.362 e. The summed E-state index contributed by atoms with van der Waals surface area (Å²) in [6, 6.07) is 7.42. The molecule has 0 spiro atoms. The van der Waals surface area contributed by atoms with Crippen LogP contribution in [0.1, 0.15) is 42.4 Å². The van der Waals surface area contributed by atoms with Gasteiger partial charge in [-0.3, -0.25) is 15.2 Å². The lowest BCUT2D eigenvalue weighted by Crippen LogP contribution is -2.51. The van der Waals surface area contributed by atoms with Gasteiger partial charge in [0.1, 0.15) is 22.1 Å². The van der Waals surface area contributed by atoms with E-state index < -0.39 is 32.0 Å². The third kappa shape index (κ3) is 4.05. The van der Waals surface area contributed by atoms with Gasteiger partial charge in [0.25, 0.3) is 5.91 Å². The van der Waals surface area contributed by atoms with E-state index in [9.17, 15) is 17.6 Å². The Morgan fingerprint density at radius 2 is 1.94 bits per heavy atom. The second kappa shape index (κ2) is 7.69. The number of benzene rings is 1. The maximum Gasteiger partial charge on any atom is 0.274 e. The van der Waals surface area contributed by atoms with Gasteiger partial charge in [-0.25, -0.2) is 17.1 Å². The standard InChI is InChI=1S/C21H26FN5O3S/c1-13-6-9-17(24-11-13)18(28)25-14-7-8-16(22)15(10-14)21(4)12-27(5)31(29,30)20(2,3)19(23)26-21/h6-11H,12H2,1-5H3,(H2,23,26)(H,25,28)/t21-/m0/s1. The summed E-state index contributed by atoms with van der Waals surface area (Å²) in [4.78, 5) is 16.6. The van der Waals surface area contributed by atoms with Gasteiger partial charge in [0.2, 0.25) is 10.0 Å². The minimum absolute atomic E-state index is 0.102. The number of likely N-dealkylation sites (N-methyl/N-ethyl adjacent to an activating group) is 1. The number of halogens is 1. The Morgan fingerprint density at radius 1 is 1.26 bits per heavy atom. The summed E-state index contributed by atoms with van der Waals surface area (Å²) in [6.07, 6.45) is 1.57. The number of sulfonamides is 1. The summed E-state index contributed by atoms with van der Waals surface area (Å²) in [5, 5.41) is 13.9. The van der Waals surface area contributed by atoms with E-state index in [1.54, 1.807) is 25.3 Å². The van der Waals surface area contributed by atoms with Crippen LogP contribution in [-0.4, -0.2) is 47.8 Å². The predicted molar refractivity (Wildman–Crippen MR) is 117 cm³/mol. The molecule has 1 aliphatic heterocycles. The first-order valence-electron chi connectivity index (χ1n) is 9.65. The molecule has 166 valence electrons. The highest BCUT2D eigenvalue weighted by Gasteiger charge is 2.49. The first kappa shape index (κ1) is 22.8. The van der Waals surface area contributed by atoms with Crippen molar-refractivity contribution in [1.29, 1.82) is 5.41 Å². The average molecular weight is 448 g/mol. The number of aromatic nitrogens is 1. The molecule has 8 nitrogen and oxygen atoms in total. The van der Waals surface area contributed by atoms with Crippen LogP contribution in [0.15, 0.2) is 36.5 Å². The van der Waals surface area contributed by atoms with Crippen LogP contribution in [0.4, 0.5) is 10.1 Å². The van der Waals surface area contributed by atoms with Crippen molar-refractivity contribution in [2.24, 2.45) is 0 Å². The molecule has 3 rings (SSSR count). The highest BCUT2D eigenvalue weighted by molar-refractivity contribution is 7.91. The molecular weight excluding hydrogens is 421 g/mol. The molecule has 1 saturated heterocycles. The Labute approximate surface area is 181 Å². The molecule has 0 saturated carbocycles. The monoisotopic (exact) mass is 447 g/mol. The SMILES string of the molecule is Cc1ccc(C(=O)Nc2ccc(F)c([C@]3(C)CN(C)S(=O)(=O)C(C)(C)C(=N)N3)c2)nc1. The molecule has 1 aliphatic rings. The van der Waals surface area contributed by atoms with E-state index in [2.05, 4.69) is 15.6 Å². The number of hydrogen-bond acceptors (Lipinski definition) is 5. The number of rotatable bonds is 3. The molecule has 31 heavy (non-hydrogen) atoms. The van der Waals surface area contributed by atoms with Crippen molar-refractivity contribution in [2.45, 2.75) is 38.0 Å². The van der Waals surface area contributed by atoms with Crippen LogP contribution in [0, 0.1) is 18.2 Å². The van der Waals surface area contributed by atoms with Crippen molar-refractivity contribution in [3.8, 4) is 0 Å². The summed E-state index contributed by atoms with van der Waals surface area (Å²) in [6.45, 7) is 6.25. The molecule has 1 atom stereocenters. The second-order valence-corrected chi connectivity index (χ2v) is 11.1. The number of carbonyl (C=O) groups is 1. The molecule has 1 aromatic heterocycles. The molecule has 0 unspecified atom stereocenters. The van der Waals surface area contributed by atoms with E-state index in [0.717, 1.165) is 9.87 Å². The van der Waals surface area contributed by atoms with E-state index in [4.69, 9.17) is 5.41 Å². The fourth-order valence-electron chi connectivity index (χ4n) is 3.49. The lowest BCUT2D eigenvalue weighted by Gasteiger charge is -2.33. The molecule has 0 radical (unpaired) electrons. The Bertz CT molecular complexity index is 1150. The van der Waals surface area contributed by atoms with Gasteiger partial charge in [0, 0.05) is 31.0 Å². The van der Waals surface area contributed by atoms with Crippen molar-refractivity contribution in [3.05, 3.63) is 59.2 Å². The van der Waals surface area contributed by atoms with Crippen LogP contribution in [-0.2, 0) is 15.6 Å². The fraction of sp³-hybridized carbons (Fsp3) is 0.381. The van der Waals surface area contributed by atoms with Crippen LogP contribution in [0.5, 0.6) is 0 Å². The third-order valence-corrected chi connectivity index (χ3v) is 8.00. The zero-order chi connectivity index (χ0) is 23.2. The van der Waals surface area contributed by atoms with Crippen LogP contribution < -0.4 is 10.6 Å². The minimum Gasteiger partial charge on any atom is -0.362 e. The third-order valence-electron chi connectivity index (χ3n) is 5.56. The number of carbonyl (C=O) groups excluding carboxylic acids is 1. The van der Waals surface area contributed by atoms with E-state index in [-0.39, 0.29) is 23.6 Å². The molecule has 1 aromatic carbocycles. The smallest absolute Gasteiger partial charge is 0.274 e. The quantitative estimate of drug-likeness (QED) is 0.669. The van der Waals surface area contributed by atoms with Crippen LogP contribution in [0.3, 0.4) is 0 Å². The highest BCUT2D eigenvalue weighted by atomic mass is 32.2. The molecule has 2 aromatic rings. The van der Waals surface area contributed by atoms with Crippen molar-refractivity contribution >= 4 is 27.5 Å². The lowest BCUT2D eigenvalue weighted by molar-refractivity contribution is 0.102. The van der Waals surface area contributed by atoms with Crippen molar-refractivity contribution in [1.82, 2.24) is 14.6 Å². The predicted octanol–water partition coefficient (Wildman–Crippen LogP) is 2.62. The Morgan fingerprint density at radius 3 is 2.55 bits per heavy atom. The summed E-state index contributed by atoms with van der Waals surface area (Å²) >= 11 is 0. The Kier molecular flexibility index (Phi) is 5.66. The zero-order valence-electron chi connectivity index (χ0n) is 18.1. The molecule has 3 N–H and O–H groups in total. The first-order chi connectivity index (χ1) is 14.3. The van der Waals surface area contributed by atoms with Gasteiger partial charge in [0.05, 0.1) is 5.54 Å². The average Bonchev–Trinajstić information content (AvgIpc) is 2.72. The van der Waals surface area contributed by atoms with Gasteiger partial charge in [-0.2, -0.15) is 0 Å². The normalized spacial score (nSPS) is 23.0. The molecule has 2 heterocycles. The van der Waals surface area contributed by atoms with E-state index in [0.29, 0.717) is 5.69 Å². The maximum atomic E-state index is 14.9. The van der Waals surface area contributed by atoms with E-state index in [1.165, 1.54) is 39.1 Å². The number of nitrogens with one attached hydrogen (secondary N) is 3. The van der Waals surface area contributed by atoms with Crippen LogP contribution >= 0.6 is 0 Å². The summed E-state index contributed by atoms with van der Waals surface area (Å²) in [5.41, 5.74) is 0.348. The Hall–Kier alpha value is -2.85. The molecule has 0 aliphatic carbocycles. The minimum atomic E-state index is -3.84. The molecule has 1 amide bonds. The van der Waals surface area contributed by atoms with E-state index in [1.807, 2.05) is 6.92 Å². The number of amidine groups is 1. The van der Waals surface area contributed by atoms with Gasteiger partial charge in [-0.1, -0.05) is 6.07 Å². The van der Waals surface area contributed by atoms with Crippen molar-refractivity contribution in [3.63, 3.8) is 0 Å². The zero-order valence-corrected chi connectivity index (χ0v) is 18.9. The lowest BCUT2D eigenvalue weighted by atomic mass is 9.90. The molecule has 0 bridgehead atoms. The second-order valence-electron chi connectivity index (χ2n) is 8.47. The van der Waals surface area contributed by atoms with Gasteiger partial charge >= 0.3 is 0 Å². The van der Waals surface area contributed by atoms with Gasteiger partial charge in [-0.05, 0) is 57.5 Å². The highest BCUT2D eigenvalue weighted by Crippen LogP contribution is 2.34. The van der Waals surface area contributed by atoms with Gasteiger partial charge in [0.15, 0.2) is 0 Å². The Balaban J connectivity index is 1.98.